The van der Waals surface area contributed by atoms with E-state index in [1.807, 2.05) is 49.4 Å². The molecule has 0 aliphatic heterocycles. The summed E-state index contributed by atoms with van der Waals surface area (Å²) in [6.45, 7) is 1.97. The number of amides is 1. The minimum absolute atomic E-state index is 0.129. The lowest BCUT2D eigenvalue weighted by Crippen LogP contribution is -2.13. The molecule has 146 valence electrons. The van der Waals surface area contributed by atoms with Crippen LogP contribution >= 0.6 is 11.8 Å². The highest BCUT2D eigenvalue weighted by atomic mass is 32.2. The summed E-state index contributed by atoms with van der Waals surface area (Å²) >= 11 is 1.20. The van der Waals surface area contributed by atoms with Crippen LogP contribution in [0.1, 0.15) is 17.0 Å². The molecule has 2 aromatic carbocycles. The van der Waals surface area contributed by atoms with E-state index in [1.165, 1.54) is 11.8 Å². The predicted octanol–water partition coefficient (Wildman–Crippen LogP) is 3.72. The van der Waals surface area contributed by atoms with Crippen molar-refractivity contribution >= 4 is 23.4 Å². The Kier molecular flexibility index (Phi) is 6.54. The van der Waals surface area contributed by atoms with E-state index < -0.39 is 0 Å². The van der Waals surface area contributed by atoms with Crippen LogP contribution in [0.25, 0.3) is 0 Å². The van der Waals surface area contributed by atoms with E-state index in [0.29, 0.717) is 29.0 Å². The number of methoxy groups -OCH3 is 2. The van der Waals surface area contributed by atoms with Gasteiger partial charge in [0.25, 0.3) is 5.22 Å². The molecule has 1 amide bonds. The smallest absolute Gasteiger partial charge is 0.277 e. The van der Waals surface area contributed by atoms with Crippen LogP contribution in [-0.4, -0.2) is 36.1 Å². The van der Waals surface area contributed by atoms with Gasteiger partial charge in [0, 0.05) is 5.69 Å². The number of thioether (sulfide) groups is 1. The summed E-state index contributed by atoms with van der Waals surface area (Å²) < 4.78 is 16.2. The van der Waals surface area contributed by atoms with Gasteiger partial charge in [0.1, 0.15) is 0 Å². The Morgan fingerprint density at radius 1 is 1.11 bits per heavy atom. The van der Waals surface area contributed by atoms with Gasteiger partial charge < -0.3 is 19.2 Å². The molecular weight excluding hydrogens is 378 g/mol. The molecule has 1 N–H and O–H groups in total. The van der Waals surface area contributed by atoms with E-state index in [2.05, 4.69) is 15.5 Å². The minimum atomic E-state index is -0.129. The summed E-state index contributed by atoms with van der Waals surface area (Å²) in [5, 5.41) is 11.2. The number of anilines is 1. The first-order valence-corrected chi connectivity index (χ1v) is 9.58. The number of nitrogens with zero attached hydrogens (tertiary/aromatic N) is 2. The van der Waals surface area contributed by atoms with Crippen LogP contribution in [0.5, 0.6) is 11.5 Å². The first kappa shape index (κ1) is 19.8. The number of benzene rings is 2. The Morgan fingerprint density at radius 2 is 1.93 bits per heavy atom. The lowest BCUT2D eigenvalue weighted by molar-refractivity contribution is -0.113. The first-order valence-electron chi connectivity index (χ1n) is 8.60. The first-order chi connectivity index (χ1) is 13.6. The quantitative estimate of drug-likeness (QED) is 0.578. The van der Waals surface area contributed by atoms with Crippen molar-refractivity contribution in [3.63, 3.8) is 0 Å². The second kappa shape index (κ2) is 9.27. The third-order valence-corrected chi connectivity index (χ3v) is 4.70. The molecule has 1 aromatic heterocycles. The Balaban J connectivity index is 1.55. The van der Waals surface area contributed by atoms with Gasteiger partial charge in [0.15, 0.2) is 11.5 Å². The molecule has 3 rings (SSSR count). The lowest BCUT2D eigenvalue weighted by Gasteiger charge is -2.08. The van der Waals surface area contributed by atoms with Crippen molar-refractivity contribution in [2.75, 3.05) is 25.3 Å². The van der Waals surface area contributed by atoms with Gasteiger partial charge in [-0.25, -0.2) is 0 Å². The average Bonchev–Trinajstić information content (AvgIpc) is 3.13. The summed E-state index contributed by atoms with van der Waals surface area (Å²) in [5.41, 5.74) is 2.81. The lowest BCUT2D eigenvalue weighted by atomic mass is 10.1. The molecular formula is C20H21N3O4S. The number of hydrogen-bond donors (Lipinski definition) is 1. The molecule has 0 spiro atoms. The van der Waals surface area contributed by atoms with Gasteiger partial charge in [-0.05, 0) is 42.3 Å². The van der Waals surface area contributed by atoms with Gasteiger partial charge in [-0.2, -0.15) is 0 Å². The van der Waals surface area contributed by atoms with Crippen molar-refractivity contribution in [1.82, 2.24) is 10.2 Å². The zero-order valence-corrected chi connectivity index (χ0v) is 16.7. The van der Waals surface area contributed by atoms with Crippen LogP contribution in [0.2, 0.25) is 0 Å². The van der Waals surface area contributed by atoms with E-state index in [1.54, 1.807) is 14.2 Å². The van der Waals surface area contributed by atoms with E-state index >= 15 is 0 Å². The molecule has 0 atom stereocenters. The summed E-state index contributed by atoms with van der Waals surface area (Å²) in [6, 6.07) is 13.2. The molecule has 0 aliphatic rings. The van der Waals surface area contributed by atoms with Crippen molar-refractivity contribution < 1.29 is 18.7 Å². The second-order valence-electron chi connectivity index (χ2n) is 6.03. The van der Waals surface area contributed by atoms with Crippen molar-refractivity contribution in [3.05, 3.63) is 59.5 Å². The zero-order chi connectivity index (χ0) is 19.9. The van der Waals surface area contributed by atoms with Crippen LogP contribution in [-0.2, 0) is 11.2 Å². The second-order valence-corrected chi connectivity index (χ2v) is 6.96. The number of rotatable bonds is 8. The van der Waals surface area contributed by atoms with Gasteiger partial charge in [-0.15, -0.1) is 10.2 Å². The molecule has 0 saturated heterocycles. The number of carbonyl (C=O) groups is 1. The highest BCUT2D eigenvalue weighted by Crippen LogP contribution is 2.28. The third kappa shape index (κ3) is 5.26. The van der Waals surface area contributed by atoms with Gasteiger partial charge in [0.05, 0.1) is 26.4 Å². The van der Waals surface area contributed by atoms with Gasteiger partial charge in [-0.3, -0.25) is 4.79 Å². The van der Waals surface area contributed by atoms with Gasteiger partial charge in [-0.1, -0.05) is 30.0 Å². The molecule has 0 radical (unpaired) electrons. The standard InChI is InChI=1S/C20H21N3O4S/c1-13-5-4-6-15(9-13)21-18(24)12-28-20-23-22-19(27-20)11-14-7-8-16(25-2)17(10-14)26-3/h4-10H,11-12H2,1-3H3,(H,21,24). The van der Waals surface area contributed by atoms with E-state index in [9.17, 15) is 4.79 Å². The van der Waals surface area contributed by atoms with Crippen LogP contribution in [0.3, 0.4) is 0 Å². The molecule has 0 saturated carbocycles. The molecule has 0 fully saturated rings. The summed E-state index contributed by atoms with van der Waals surface area (Å²) in [5.74, 6) is 1.82. The van der Waals surface area contributed by atoms with Gasteiger partial charge >= 0.3 is 0 Å². The summed E-state index contributed by atoms with van der Waals surface area (Å²) in [6.07, 6.45) is 0.462. The normalized spacial score (nSPS) is 10.5. The number of carbonyl (C=O) groups excluding carboxylic acids is 1. The summed E-state index contributed by atoms with van der Waals surface area (Å²) in [7, 11) is 3.18. The minimum Gasteiger partial charge on any atom is -0.493 e. The van der Waals surface area contributed by atoms with Crippen LogP contribution in [0.15, 0.2) is 52.1 Å². The molecule has 28 heavy (non-hydrogen) atoms. The average molecular weight is 399 g/mol. The molecule has 0 aliphatic carbocycles. The van der Waals surface area contributed by atoms with Crippen LogP contribution in [0.4, 0.5) is 5.69 Å². The molecule has 0 unspecified atom stereocenters. The molecule has 3 aromatic rings. The molecule has 8 heteroatoms. The molecule has 7 nitrogen and oxygen atoms in total. The number of hydrogen-bond acceptors (Lipinski definition) is 7. The fourth-order valence-electron chi connectivity index (χ4n) is 2.58. The Labute approximate surface area is 167 Å². The van der Waals surface area contributed by atoms with E-state index in [4.69, 9.17) is 13.9 Å². The largest absolute Gasteiger partial charge is 0.493 e. The van der Waals surface area contributed by atoms with Crippen molar-refractivity contribution in [3.8, 4) is 11.5 Å². The summed E-state index contributed by atoms with van der Waals surface area (Å²) in [4.78, 5) is 12.1. The zero-order valence-electron chi connectivity index (χ0n) is 15.9. The monoisotopic (exact) mass is 399 g/mol. The Morgan fingerprint density at radius 3 is 2.68 bits per heavy atom. The topological polar surface area (TPSA) is 86.5 Å². The van der Waals surface area contributed by atoms with Gasteiger partial charge in [0.2, 0.25) is 11.8 Å². The number of aromatic nitrogens is 2. The third-order valence-electron chi connectivity index (χ3n) is 3.88. The highest BCUT2D eigenvalue weighted by molar-refractivity contribution is 7.99. The number of aryl methyl sites for hydroxylation is 1. The van der Waals surface area contributed by atoms with Crippen molar-refractivity contribution in [2.45, 2.75) is 18.6 Å². The maximum absolute atomic E-state index is 12.1. The Bertz CT molecular complexity index is 958. The maximum Gasteiger partial charge on any atom is 0.277 e. The van der Waals surface area contributed by atoms with E-state index in [0.717, 1.165) is 16.8 Å². The fraction of sp³-hybridized carbons (Fsp3) is 0.250. The predicted molar refractivity (Wildman–Crippen MR) is 107 cm³/mol. The highest BCUT2D eigenvalue weighted by Gasteiger charge is 2.12. The van der Waals surface area contributed by atoms with Crippen molar-refractivity contribution in [1.29, 1.82) is 0 Å². The SMILES string of the molecule is COc1ccc(Cc2nnc(SCC(=O)Nc3cccc(C)c3)o2)cc1OC. The number of ether oxygens (including phenoxy) is 2. The Hall–Kier alpha value is -3.00. The maximum atomic E-state index is 12.1. The van der Waals surface area contributed by atoms with E-state index in [-0.39, 0.29) is 11.7 Å². The fourth-order valence-corrected chi connectivity index (χ4v) is 3.16. The molecule has 0 bridgehead atoms. The number of nitrogens with one attached hydrogen (secondary N) is 1. The molecule has 1 heterocycles. The van der Waals surface area contributed by atoms with Crippen LogP contribution < -0.4 is 14.8 Å². The van der Waals surface area contributed by atoms with Crippen LogP contribution in [0, 0.1) is 6.92 Å². The van der Waals surface area contributed by atoms with Crippen molar-refractivity contribution in [2.24, 2.45) is 0 Å².